The Morgan fingerprint density at radius 1 is 0.500 bits per heavy atom. The minimum atomic E-state index is 1.12. The second-order valence-corrected chi connectivity index (χ2v) is 8.56. The van der Waals surface area contributed by atoms with Crippen LogP contribution >= 0.6 is 11.3 Å². The SMILES string of the molecule is c1ccc(-c2ccccc2Nc2cc3sc4ccccc4c3c3ccccc23)cc1. The van der Waals surface area contributed by atoms with Crippen molar-refractivity contribution < 1.29 is 0 Å². The van der Waals surface area contributed by atoms with Crippen LogP contribution in [0.15, 0.2) is 109 Å². The molecule has 2 heteroatoms. The van der Waals surface area contributed by atoms with Crippen LogP contribution in [0.4, 0.5) is 11.4 Å². The summed E-state index contributed by atoms with van der Waals surface area (Å²) in [5, 5.41) is 8.99. The normalized spacial score (nSPS) is 11.3. The minimum absolute atomic E-state index is 1.12. The van der Waals surface area contributed by atoms with Crippen molar-refractivity contribution in [1.82, 2.24) is 0 Å². The van der Waals surface area contributed by atoms with Gasteiger partial charge in [0.1, 0.15) is 0 Å². The van der Waals surface area contributed by atoms with Crippen molar-refractivity contribution in [3.63, 3.8) is 0 Å². The molecule has 1 nitrogen and oxygen atoms in total. The molecule has 0 bridgehead atoms. The summed E-state index contributed by atoms with van der Waals surface area (Å²) in [6.07, 6.45) is 0. The van der Waals surface area contributed by atoms with Gasteiger partial charge in [0.2, 0.25) is 0 Å². The van der Waals surface area contributed by atoms with Crippen LogP contribution in [0.5, 0.6) is 0 Å². The Balaban J connectivity index is 1.59. The van der Waals surface area contributed by atoms with Crippen molar-refractivity contribution in [3.05, 3.63) is 109 Å². The minimum Gasteiger partial charge on any atom is -0.354 e. The Bertz CT molecular complexity index is 1510. The average Bonchev–Trinajstić information content (AvgIpc) is 3.19. The van der Waals surface area contributed by atoms with E-state index in [4.69, 9.17) is 0 Å². The molecule has 6 rings (SSSR count). The maximum atomic E-state index is 3.76. The summed E-state index contributed by atoms with van der Waals surface area (Å²) in [6.45, 7) is 0. The zero-order valence-corrected chi connectivity index (χ0v) is 17.1. The first-order chi connectivity index (χ1) is 14.9. The van der Waals surface area contributed by atoms with Gasteiger partial charge in [-0.2, -0.15) is 0 Å². The number of thiophene rings is 1. The summed E-state index contributed by atoms with van der Waals surface area (Å²) in [6, 6.07) is 38.8. The smallest absolute Gasteiger partial charge is 0.0478 e. The zero-order chi connectivity index (χ0) is 19.9. The number of nitrogens with one attached hydrogen (secondary N) is 1. The van der Waals surface area contributed by atoms with Gasteiger partial charge in [-0.1, -0.05) is 91.0 Å². The van der Waals surface area contributed by atoms with Crippen molar-refractivity contribution in [2.75, 3.05) is 5.32 Å². The van der Waals surface area contributed by atoms with Crippen molar-refractivity contribution in [1.29, 1.82) is 0 Å². The Morgan fingerprint density at radius 3 is 2.03 bits per heavy atom. The topological polar surface area (TPSA) is 12.0 Å². The molecule has 0 atom stereocenters. The van der Waals surface area contributed by atoms with E-state index in [1.165, 1.54) is 42.1 Å². The summed E-state index contributed by atoms with van der Waals surface area (Å²) in [7, 11) is 0. The Hall–Kier alpha value is -3.62. The van der Waals surface area contributed by atoms with Gasteiger partial charge in [-0.05, 0) is 29.1 Å². The third-order valence-corrected chi connectivity index (χ3v) is 6.78. The first-order valence-corrected chi connectivity index (χ1v) is 10.9. The van der Waals surface area contributed by atoms with E-state index in [-0.39, 0.29) is 0 Å². The van der Waals surface area contributed by atoms with Crippen molar-refractivity contribution in [2.45, 2.75) is 0 Å². The summed E-state index contributed by atoms with van der Waals surface area (Å²) in [5.74, 6) is 0. The van der Waals surface area contributed by atoms with E-state index in [1.807, 2.05) is 11.3 Å². The molecule has 0 unspecified atom stereocenters. The maximum Gasteiger partial charge on any atom is 0.0478 e. The number of hydrogen-bond acceptors (Lipinski definition) is 2. The van der Waals surface area contributed by atoms with Gasteiger partial charge in [0.25, 0.3) is 0 Å². The summed E-state index contributed by atoms with van der Waals surface area (Å²) >= 11 is 1.86. The van der Waals surface area contributed by atoms with Gasteiger partial charge in [-0.25, -0.2) is 0 Å². The Kier molecular flexibility index (Phi) is 4.03. The molecule has 1 heterocycles. The largest absolute Gasteiger partial charge is 0.354 e. The second kappa shape index (κ2) is 7.01. The highest BCUT2D eigenvalue weighted by Crippen LogP contribution is 2.42. The van der Waals surface area contributed by atoms with E-state index in [2.05, 4.69) is 115 Å². The number of benzene rings is 5. The van der Waals surface area contributed by atoms with Crippen molar-refractivity contribution in [2.24, 2.45) is 0 Å². The van der Waals surface area contributed by atoms with Crippen molar-refractivity contribution >= 4 is 53.7 Å². The molecule has 1 N–H and O–H groups in total. The molecule has 1 aromatic heterocycles. The lowest BCUT2D eigenvalue weighted by molar-refractivity contribution is 1.56. The lowest BCUT2D eigenvalue weighted by Crippen LogP contribution is -1.94. The summed E-state index contributed by atoms with van der Waals surface area (Å²) < 4.78 is 2.65. The number of rotatable bonds is 3. The lowest BCUT2D eigenvalue weighted by Gasteiger charge is -2.15. The van der Waals surface area contributed by atoms with Crippen LogP contribution in [0.3, 0.4) is 0 Å². The fraction of sp³-hybridized carbons (Fsp3) is 0. The van der Waals surface area contributed by atoms with Crippen LogP contribution in [0.2, 0.25) is 0 Å². The van der Waals surface area contributed by atoms with Gasteiger partial charge in [0, 0.05) is 42.5 Å². The molecule has 0 amide bonds. The molecule has 142 valence electrons. The second-order valence-electron chi connectivity index (χ2n) is 7.48. The first-order valence-electron chi connectivity index (χ1n) is 10.1. The quantitative estimate of drug-likeness (QED) is 0.313. The molecule has 0 aliphatic heterocycles. The lowest BCUT2D eigenvalue weighted by atomic mass is 10.0. The maximum absolute atomic E-state index is 3.76. The van der Waals surface area contributed by atoms with Crippen LogP contribution in [-0.4, -0.2) is 0 Å². The highest BCUT2D eigenvalue weighted by atomic mass is 32.1. The third kappa shape index (κ3) is 2.77. The molecule has 0 radical (unpaired) electrons. The highest BCUT2D eigenvalue weighted by molar-refractivity contribution is 7.26. The van der Waals surface area contributed by atoms with Gasteiger partial charge >= 0.3 is 0 Å². The predicted octanol–water partition coefficient (Wildman–Crippen LogP) is 8.62. The molecule has 0 fully saturated rings. The molecular weight excluding hydrogens is 382 g/mol. The zero-order valence-electron chi connectivity index (χ0n) is 16.3. The van der Waals surface area contributed by atoms with Crippen molar-refractivity contribution in [3.8, 4) is 11.1 Å². The molecule has 0 aliphatic carbocycles. The van der Waals surface area contributed by atoms with E-state index in [9.17, 15) is 0 Å². The van der Waals surface area contributed by atoms with Crippen LogP contribution < -0.4 is 5.32 Å². The third-order valence-electron chi connectivity index (χ3n) is 5.67. The Labute approximate surface area is 179 Å². The standard InChI is InChI=1S/C28H19NS/c1-2-10-19(11-3-1)20-12-6-8-16-24(20)29-25-18-27-28(22-14-5-4-13-21(22)25)23-15-7-9-17-26(23)30-27/h1-18,29H. The predicted molar refractivity (Wildman–Crippen MR) is 132 cm³/mol. The van der Waals surface area contributed by atoms with E-state index >= 15 is 0 Å². The number of para-hydroxylation sites is 1. The fourth-order valence-electron chi connectivity index (χ4n) is 4.30. The molecule has 0 saturated carbocycles. The summed E-state index contributed by atoms with van der Waals surface area (Å²) in [5.41, 5.74) is 4.69. The molecule has 5 aromatic carbocycles. The van der Waals surface area contributed by atoms with Gasteiger partial charge in [0.15, 0.2) is 0 Å². The molecular formula is C28H19NS. The van der Waals surface area contributed by atoms with E-state index < -0.39 is 0 Å². The molecule has 0 saturated heterocycles. The Morgan fingerprint density at radius 2 is 1.17 bits per heavy atom. The number of anilines is 2. The summed E-state index contributed by atoms with van der Waals surface area (Å²) in [4.78, 5) is 0. The van der Waals surface area contributed by atoms with Crippen LogP contribution in [-0.2, 0) is 0 Å². The van der Waals surface area contributed by atoms with Crippen LogP contribution in [0.1, 0.15) is 0 Å². The number of fused-ring (bicyclic) bond motifs is 5. The van der Waals surface area contributed by atoms with Gasteiger partial charge in [-0.15, -0.1) is 11.3 Å². The molecule has 0 spiro atoms. The highest BCUT2D eigenvalue weighted by Gasteiger charge is 2.13. The monoisotopic (exact) mass is 401 g/mol. The molecule has 6 aromatic rings. The van der Waals surface area contributed by atoms with E-state index in [1.54, 1.807) is 0 Å². The van der Waals surface area contributed by atoms with E-state index in [0.717, 1.165) is 11.4 Å². The molecule has 0 aliphatic rings. The van der Waals surface area contributed by atoms with Crippen LogP contribution in [0.25, 0.3) is 42.1 Å². The average molecular weight is 402 g/mol. The van der Waals surface area contributed by atoms with Gasteiger partial charge in [0.05, 0.1) is 0 Å². The fourth-order valence-corrected chi connectivity index (χ4v) is 5.46. The van der Waals surface area contributed by atoms with Crippen LogP contribution in [0, 0.1) is 0 Å². The van der Waals surface area contributed by atoms with Gasteiger partial charge in [-0.3, -0.25) is 0 Å². The molecule has 30 heavy (non-hydrogen) atoms. The van der Waals surface area contributed by atoms with E-state index in [0.29, 0.717) is 0 Å². The first kappa shape index (κ1) is 17.3. The van der Waals surface area contributed by atoms with Gasteiger partial charge < -0.3 is 5.32 Å². The number of hydrogen-bond donors (Lipinski definition) is 1.